The molecule has 0 saturated carbocycles. The molecule has 5 rings (SSSR count). The highest BCUT2D eigenvalue weighted by Crippen LogP contribution is 2.23. The molecular formula is C33H26N2O2. The van der Waals surface area contributed by atoms with Gasteiger partial charge in [0.2, 0.25) is 0 Å². The number of hydrogen-bond acceptors (Lipinski definition) is 2. The highest BCUT2D eigenvalue weighted by atomic mass is 16.2. The Labute approximate surface area is 215 Å². The molecule has 4 aromatic carbocycles. The zero-order valence-corrected chi connectivity index (χ0v) is 20.5. The van der Waals surface area contributed by atoms with Crippen LogP contribution in [0.3, 0.4) is 0 Å². The van der Waals surface area contributed by atoms with Crippen LogP contribution < -0.4 is 11.1 Å². The van der Waals surface area contributed by atoms with Gasteiger partial charge in [0, 0.05) is 11.4 Å². The first kappa shape index (κ1) is 23.8. The van der Waals surface area contributed by atoms with Gasteiger partial charge in [-0.25, -0.2) is 0 Å². The zero-order valence-electron chi connectivity index (χ0n) is 20.5. The van der Waals surface area contributed by atoms with E-state index in [-0.39, 0.29) is 0 Å². The van der Waals surface area contributed by atoms with Gasteiger partial charge in [0.1, 0.15) is 0 Å². The molecule has 0 spiro atoms. The number of fused-ring (bicyclic) bond motifs is 1. The summed E-state index contributed by atoms with van der Waals surface area (Å²) in [5, 5.41) is 0. The van der Waals surface area contributed by atoms with Crippen molar-refractivity contribution in [2.24, 2.45) is 0 Å². The highest BCUT2D eigenvalue weighted by Gasteiger charge is 2.15. The molecule has 37 heavy (non-hydrogen) atoms. The smallest absolute Gasteiger partial charge is 0.271 e. The molecule has 0 aliphatic carbocycles. The van der Waals surface area contributed by atoms with Crippen molar-refractivity contribution in [3.8, 4) is 22.5 Å². The molecule has 0 aliphatic rings. The second-order valence-corrected chi connectivity index (χ2v) is 8.54. The van der Waals surface area contributed by atoms with Crippen LogP contribution in [-0.2, 0) is 0 Å². The van der Waals surface area contributed by atoms with Gasteiger partial charge in [-0.2, -0.15) is 0 Å². The molecule has 4 heteroatoms. The molecule has 180 valence electrons. The molecular weight excluding hydrogens is 456 g/mol. The van der Waals surface area contributed by atoms with Crippen molar-refractivity contribution in [1.29, 1.82) is 0 Å². The maximum Gasteiger partial charge on any atom is 0.321 e. The Balaban J connectivity index is 1.57. The average molecular weight is 483 g/mol. The number of aromatic nitrogens is 2. The van der Waals surface area contributed by atoms with Gasteiger partial charge in [0.05, 0.1) is 11.0 Å². The summed E-state index contributed by atoms with van der Waals surface area (Å²) >= 11 is 0. The maximum atomic E-state index is 13.4. The van der Waals surface area contributed by atoms with E-state index in [9.17, 15) is 9.59 Å². The highest BCUT2D eigenvalue weighted by molar-refractivity contribution is 5.79. The van der Waals surface area contributed by atoms with Crippen LogP contribution in [0.4, 0.5) is 0 Å². The minimum absolute atomic E-state index is 0.593. The molecule has 0 amide bonds. The SMILES string of the molecule is C\C=C/C=C/C=C/c1ccc(-n2c(=O)c(=O)n(-c3ccc(-c4ccccc4)cc3)c3ccccc32)cc1. The maximum absolute atomic E-state index is 13.4. The predicted octanol–water partition coefficient (Wildman–Crippen LogP) is 6.95. The van der Waals surface area contributed by atoms with Gasteiger partial charge >= 0.3 is 11.1 Å². The van der Waals surface area contributed by atoms with Crippen LogP contribution in [0.1, 0.15) is 12.5 Å². The van der Waals surface area contributed by atoms with Gasteiger partial charge < -0.3 is 0 Å². The summed E-state index contributed by atoms with van der Waals surface area (Å²) < 4.78 is 2.99. The van der Waals surface area contributed by atoms with E-state index in [4.69, 9.17) is 0 Å². The molecule has 0 aliphatic heterocycles. The van der Waals surface area contributed by atoms with E-state index in [1.165, 1.54) is 9.13 Å². The molecule has 0 bridgehead atoms. The summed E-state index contributed by atoms with van der Waals surface area (Å²) in [4.78, 5) is 26.9. The van der Waals surface area contributed by atoms with E-state index in [2.05, 4.69) is 0 Å². The van der Waals surface area contributed by atoms with Gasteiger partial charge in [0.15, 0.2) is 0 Å². The summed E-state index contributed by atoms with van der Waals surface area (Å²) in [7, 11) is 0. The van der Waals surface area contributed by atoms with Crippen molar-refractivity contribution in [3.05, 3.63) is 160 Å². The number of hydrogen-bond donors (Lipinski definition) is 0. The lowest BCUT2D eigenvalue weighted by Gasteiger charge is -2.15. The lowest BCUT2D eigenvalue weighted by molar-refractivity contribution is 0.918. The molecule has 0 unspecified atom stereocenters. The van der Waals surface area contributed by atoms with Crippen molar-refractivity contribution in [1.82, 2.24) is 9.13 Å². The lowest BCUT2D eigenvalue weighted by atomic mass is 10.1. The molecule has 4 nitrogen and oxygen atoms in total. The average Bonchev–Trinajstić information content (AvgIpc) is 2.95. The quantitative estimate of drug-likeness (QED) is 0.194. The van der Waals surface area contributed by atoms with Crippen LogP contribution in [0.2, 0.25) is 0 Å². The van der Waals surface area contributed by atoms with Crippen LogP contribution in [-0.4, -0.2) is 9.13 Å². The van der Waals surface area contributed by atoms with Crippen molar-refractivity contribution in [3.63, 3.8) is 0 Å². The minimum atomic E-state index is -0.594. The van der Waals surface area contributed by atoms with Crippen LogP contribution >= 0.6 is 0 Å². The van der Waals surface area contributed by atoms with Crippen LogP contribution in [0.5, 0.6) is 0 Å². The Hall–Kier alpha value is -4.96. The van der Waals surface area contributed by atoms with Gasteiger partial charge in [0.25, 0.3) is 0 Å². The van der Waals surface area contributed by atoms with Crippen LogP contribution in [0.15, 0.2) is 143 Å². The molecule has 5 aromatic rings. The first-order chi connectivity index (χ1) is 18.2. The predicted molar refractivity (Wildman–Crippen MR) is 154 cm³/mol. The fraction of sp³-hybridized carbons (Fsp3) is 0.0303. The largest absolute Gasteiger partial charge is 0.321 e. The summed E-state index contributed by atoms with van der Waals surface area (Å²) in [6.45, 7) is 1.97. The zero-order chi connectivity index (χ0) is 25.6. The normalized spacial score (nSPS) is 11.8. The van der Waals surface area contributed by atoms with E-state index in [1.54, 1.807) is 0 Å². The Morgan fingerprint density at radius 2 is 1.00 bits per heavy atom. The molecule has 0 fully saturated rings. The third-order valence-corrected chi connectivity index (χ3v) is 6.15. The molecule has 0 N–H and O–H groups in total. The second-order valence-electron chi connectivity index (χ2n) is 8.54. The number of rotatable bonds is 6. The molecule has 0 atom stereocenters. The minimum Gasteiger partial charge on any atom is -0.271 e. The van der Waals surface area contributed by atoms with Gasteiger partial charge in [-0.1, -0.05) is 103 Å². The van der Waals surface area contributed by atoms with E-state index < -0.39 is 11.1 Å². The van der Waals surface area contributed by atoms with Gasteiger partial charge in [-0.05, 0) is 60.0 Å². The second kappa shape index (κ2) is 10.8. The van der Waals surface area contributed by atoms with Crippen molar-refractivity contribution in [2.75, 3.05) is 0 Å². The van der Waals surface area contributed by atoms with Gasteiger partial charge in [-0.15, -0.1) is 0 Å². The molecule has 1 aromatic heterocycles. The van der Waals surface area contributed by atoms with Gasteiger partial charge in [-0.3, -0.25) is 18.7 Å². The molecule has 0 radical (unpaired) electrons. The first-order valence-electron chi connectivity index (χ1n) is 12.2. The fourth-order valence-corrected chi connectivity index (χ4v) is 4.34. The van der Waals surface area contributed by atoms with Crippen molar-refractivity contribution < 1.29 is 0 Å². The van der Waals surface area contributed by atoms with Crippen LogP contribution in [0, 0.1) is 0 Å². The van der Waals surface area contributed by atoms with Crippen molar-refractivity contribution >= 4 is 17.1 Å². The Morgan fingerprint density at radius 1 is 0.514 bits per heavy atom. The Kier molecular flexibility index (Phi) is 6.91. The Bertz CT molecular complexity index is 1740. The number of nitrogens with zero attached hydrogens (tertiary/aromatic N) is 2. The van der Waals surface area contributed by atoms with E-state index in [0.29, 0.717) is 22.4 Å². The third-order valence-electron chi connectivity index (χ3n) is 6.15. The summed E-state index contributed by atoms with van der Waals surface area (Å²) in [6.07, 6.45) is 11.8. The van der Waals surface area contributed by atoms with E-state index in [1.807, 2.05) is 147 Å². The number of para-hydroxylation sites is 2. The number of allylic oxidation sites excluding steroid dienone is 5. The van der Waals surface area contributed by atoms with E-state index in [0.717, 1.165) is 16.7 Å². The summed E-state index contributed by atoms with van der Waals surface area (Å²) in [5.74, 6) is 0. The molecule has 0 saturated heterocycles. The summed E-state index contributed by atoms with van der Waals surface area (Å²) in [6, 6.07) is 32.8. The lowest BCUT2D eigenvalue weighted by Crippen LogP contribution is -2.40. The van der Waals surface area contributed by atoms with Crippen LogP contribution in [0.25, 0.3) is 39.6 Å². The third kappa shape index (κ3) is 4.91. The summed E-state index contributed by atoms with van der Waals surface area (Å²) in [5.41, 5.74) is 4.57. The topological polar surface area (TPSA) is 44.0 Å². The fourth-order valence-electron chi connectivity index (χ4n) is 4.34. The first-order valence-corrected chi connectivity index (χ1v) is 12.2. The standard InChI is InChI=1S/C33H26N2O2/c1-2-3-4-5-7-12-25-17-21-28(22-18-25)34-30-15-10-11-16-31(30)35(33(37)32(34)36)29-23-19-27(20-24-29)26-13-8-6-9-14-26/h2-24H,1H3/b3-2-,5-4+,12-7+. The Morgan fingerprint density at radius 3 is 1.57 bits per heavy atom. The molecule has 1 heterocycles. The monoisotopic (exact) mass is 482 g/mol. The van der Waals surface area contributed by atoms with Crippen molar-refractivity contribution in [2.45, 2.75) is 6.92 Å². The van der Waals surface area contributed by atoms with E-state index >= 15 is 0 Å². The number of benzene rings is 4.